The molecule has 2 heterocycles. The Morgan fingerprint density at radius 1 is 1.50 bits per heavy atom. The van der Waals surface area contributed by atoms with E-state index < -0.39 is 24.0 Å². The van der Waals surface area contributed by atoms with Crippen LogP contribution in [0, 0.1) is 0 Å². The normalized spacial score (nSPS) is 24.9. The zero-order chi connectivity index (χ0) is 13.5. The summed E-state index contributed by atoms with van der Waals surface area (Å²) >= 11 is 0. The van der Waals surface area contributed by atoms with Gasteiger partial charge < -0.3 is 15.1 Å². The van der Waals surface area contributed by atoms with Gasteiger partial charge in [0, 0.05) is 19.0 Å². The van der Waals surface area contributed by atoms with Gasteiger partial charge in [0.05, 0.1) is 0 Å². The van der Waals surface area contributed by atoms with Crippen molar-refractivity contribution in [1.29, 1.82) is 0 Å². The minimum atomic E-state index is -4.53. The predicted molar refractivity (Wildman–Crippen MR) is 56.4 cm³/mol. The van der Waals surface area contributed by atoms with Gasteiger partial charge in [0.15, 0.2) is 0 Å². The van der Waals surface area contributed by atoms with Crippen LogP contribution in [0.3, 0.4) is 0 Å². The number of likely N-dealkylation sites (tertiary alicyclic amines) is 1. The number of rotatable bonds is 2. The summed E-state index contributed by atoms with van der Waals surface area (Å²) in [5.41, 5.74) is 5.78. The Labute approximate surface area is 102 Å². The van der Waals surface area contributed by atoms with Crippen molar-refractivity contribution in [2.45, 2.75) is 31.6 Å². The summed E-state index contributed by atoms with van der Waals surface area (Å²) in [6.07, 6.45) is -4.40. The Kier molecular flexibility index (Phi) is 3.10. The maximum atomic E-state index is 12.4. The quantitative estimate of drug-likeness (QED) is 0.885. The lowest BCUT2D eigenvalue weighted by Crippen LogP contribution is -2.32. The highest BCUT2D eigenvalue weighted by atomic mass is 19.4. The molecule has 1 fully saturated rings. The molecule has 1 aromatic heterocycles. The molecule has 0 radical (unpaired) electrons. The fourth-order valence-corrected chi connectivity index (χ4v) is 2.22. The van der Waals surface area contributed by atoms with E-state index in [0.29, 0.717) is 6.54 Å². The van der Waals surface area contributed by atoms with Crippen molar-refractivity contribution in [2.75, 3.05) is 6.54 Å². The predicted octanol–water partition coefficient (Wildman–Crippen LogP) is 1.92. The first-order chi connectivity index (χ1) is 8.34. The van der Waals surface area contributed by atoms with Gasteiger partial charge in [0.1, 0.15) is 11.8 Å². The SMILES string of the molecule is CCN1C(=O)C[C@H](N)[C@H]1c1ccc(C(F)(F)F)o1. The molecule has 4 nitrogen and oxygen atoms in total. The fraction of sp³-hybridized carbons (Fsp3) is 0.545. The molecule has 1 aliphatic rings. The van der Waals surface area contributed by atoms with Gasteiger partial charge in [-0.25, -0.2) is 0 Å². The number of carbonyl (C=O) groups is 1. The number of hydrogen-bond donors (Lipinski definition) is 1. The molecule has 0 spiro atoms. The molecule has 0 aromatic carbocycles. The van der Waals surface area contributed by atoms with Crippen molar-refractivity contribution in [1.82, 2.24) is 4.90 Å². The van der Waals surface area contributed by atoms with Gasteiger partial charge in [-0.3, -0.25) is 4.79 Å². The Hall–Kier alpha value is -1.50. The van der Waals surface area contributed by atoms with Gasteiger partial charge in [0.2, 0.25) is 11.7 Å². The van der Waals surface area contributed by atoms with Crippen LogP contribution in [0.4, 0.5) is 13.2 Å². The van der Waals surface area contributed by atoms with Crippen LogP contribution in [0.15, 0.2) is 16.5 Å². The zero-order valence-corrected chi connectivity index (χ0v) is 9.70. The first-order valence-electron chi connectivity index (χ1n) is 5.56. The number of nitrogens with zero attached hydrogens (tertiary/aromatic N) is 1. The Balaban J connectivity index is 2.31. The molecular weight excluding hydrogens is 249 g/mol. The summed E-state index contributed by atoms with van der Waals surface area (Å²) in [6, 6.07) is 0.941. The molecule has 1 aromatic rings. The van der Waals surface area contributed by atoms with Crippen molar-refractivity contribution in [3.8, 4) is 0 Å². The molecule has 1 amide bonds. The zero-order valence-electron chi connectivity index (χ0n) is 9.70. The highest BCUT2D eigenvalue weighted by Gasteiger charge is 2.41. The second-order valence-electron chi connectivity index (χ2n) is 4.19. The largest absolute Gasteiger partial charge is 0.454 e. The molecule has 1 aliphatic heterocycles. The summed E-state index contributed by atoms with van der Waals surface area (Å²) in [5, 5.41) is 0. The lowest BCUT2D eigenvalue weighted by Gasteiger charge is -2.23. The number of nitrogens with two attached hydrogens (primary N) is 1. The third-order valence-corrected chi connectivity index (χ3v) is 3.01. The molecule has 1 saturated heterocycles. The number of likely N-dealkylation sites (N-methyl/N-ethyl adjacent to an activating group) is 1. The van der Waals surface area contributed by atoms with Gasteiger partial charge >= 0.3 is 6.18 Å². The minimum Gasteiger partial charge on any atom is -0.454 e. The minimum absolute atomic E-state index is 0.0857. The van der Waals surface area contributed by atoms with Crippen molar-refractivity contribution in [3.05, 3.63) is 23.7 Å². The molecule has 100 valence electrons. The van der Waals surface area contributed by atoms with E-state index in [9.17, 15) is 18.0 Å². The van der Waals surface area contributed by atoms with E-state index in [-0.39, 0.29) is 18.1 Å². The number of furan rings is 1. The smallest absolute Gasteiger partial charge is 0.449 e. The van der Waals surface area contributed by atoms with Crippen LogP contribution in [0.25, 0.3) is 0 Å². The number of alkyl halides is 3. The number of carbonyl (C=O) groups excluding carboxylic acids is 1. The van der Waals surface area contributed by atoms with E-state index in [2.05, 4.69) is 0 Å². The maximum Gasteiger partial charge on any atom is 0.449 e. The number of amides is 1. The van der Waals surface area contributed by atoms with Crippen molar-refractivity contribution in [3.63, 3.8) is 0 Å². The van der Waals surface area contributed by atoms with Crippen LogP contribution in [-0.2, 0) is 11.0 Å². The summed E-state index contributed by atoms with van der Waals surface area (Å²) in [5.74, 6) is -1.15. The summed E-state index contributed by atoms with van der Waals surface area (Å²) < 4.78 is 42.1. The van der Waals surface area contributed by atoms with Crippen molar-refractivity contribution >= 4 is 5.91 Å². The van der Waals surface area contributed by atoms with Crippen LogP contribution in [-0.4, -0.2) is 23.4 Å². The van der Waals surface area contributed by atoms with Crippen LogP contribution in [0.5, 0.6) is 0 Å². The first kappa shape index (κ1) is 12.9. The van der Waals surface area contributed by atoms with Crippen molar-refractivity contribution in [2.24, 2.45) is 5.73 Å². The lowest BCUT2D eigenvalue weighted by molar-refractivity contribution is -0.153. The third-order valence-electron chi connectivity index (χ3n) is 3.01. The molecule has 0 unspecified atom stereocenters. The number of halogens is 3. The maximum absolute atomic E-state index is 12.4. The van der Waals surface area contributed by atoms with Crippen LogP contribution < -0.4 is 5.73 Å². The fourth-order valence-electron chi connectivity index (χ4n) is 2.22. The topological polar surface area (TPSA) is 59.5 Å². The molecular formula is C11H13F3N2O2. The van der Waals surface area contributed by atoms with Crippen molar-refractivity contribution < 1.29 is 22.4 Å². The van der Waals surface area contributed by atoms with Crippen LogP contribution in [0.1, 0.15) is 30.9 Å². The average molecular weight is 262 g/mol. The lowest BCUT2D eigenvalue weighted by atomic mass is 10.1. The molecule has 2 atom stereocenters. The van der Waals surface area contributed by atoms with Gasteiger partial charge in [-0.15, -0.1) is 0 Å². The van der Waals surface area contributed by atoms with E-state index in [1.165, 1.54) is 11.0 Å². The Morgan fingerprint density at radius 3 is 2.67 bits per heavy atom. The molecule has 2 N–H and O–H groups in total. The second-order valence-corrected chi connectivity index (χ2v) is 4.19. The van der Waals surface area contributed by atoms with E-state index in [4.69, 9.17) is 10.2 Å². The van der Waals surface area contributed by atoms with Gasteiger partial charge in [-0.1, -0.05) is 0 Å². The van der Waals surface area contributed by atoms with Crippen LogP contribution in [0.2, 0.25) is 0 Å². The summed E-state index contributed by atoms with van der Waals surface area (Å²) in [6.45, 7) is 2.13. The molecule has 18 heavy (non-hydrogen) atoms. The van der Waals surface area contributed by atoms with Gasteiger partial charge in [-0.05, 0) is 19.1 Å². The molecule has 0 saturated carbocycles. The monoisotopic (exact) mass is 262 g/mol. The highest BCUT2D eigenvalue weighted by molar-refractivity contribution is 5.80. The second kappa shape index (κ2) is 4.31. The van der Waals surface area contributed by atoms with Gasteiger partial charge in [-0.2, -0.15) is 13.2 Å². The summed E-state index contributed by atoms with van der Waals surface area (Å²) in [4.78, 5) is 13.0. The summed E-state index contributed by atoms with van der Waals surface area (Å²) in [7, 11) is 0. The van der Waals surface area contributed by atoms with Gasteiger partial charge in [0.25, 0.3) is 0 Å². The van der Waals surface area contributed by atoms with E-state index in [1.807, 2.05) is 0 Å². The number of hydrogen-bond acceptors (Lipinski definition) is 3. The molecule has 7 heteroatoms. The highest BCUT2D eigenvalue weighted by Crippen LogP contribution is 2.37. The third kappa shape index (κ3) is 2.10. The molecule has 0 aliphatic carbocycles. The first-order valence-corrected chi connectivity index (χ1v) is 5.56. The Bertz CT molecular complexity index is 455. The molecule has 2 rings (SSSR count). The van der Waals surface area contributed by atoms with E-state index in [1.54, 1.807) is 6.92 Å². The van der Waals surface area contributed by atoms with E-state index in [0.717, 1.165) is 6.07 Å². The molecule has 0 bridgehead atoms. The average Bonchev–Trinajstić information content (AvgIpc) is 2.81. The van der Waals surface area contributed by atoms with E-state index >= 15 is 0 Å². The standard InChI is InChI=1S/C11H13F3N2O2/c1-2-16-9(17)5-6(15)10(16)7-3-4-8(18-7)11(12,13)14/h3-4,6,10H,2,5,15H2,1H3/t6-,10-/m0/s1. The van der Waals surface area contributed by atoms with Crippen LogP contribution >= 0.6 is 0 Å². The Morgan fingerprint density at radius 2 is 2.17 bits per heavy atom.